The first-order valence-corrected chi connectivity index (χ1v) is 9.01. The Hall–Kier alpha value is -3.02. The average Bonchev–Trinajstić information content (AvgIpc) is 3.21. The minimum atomic E-state index is -0.425. The summed E-state index contributed by atoms with van der Waals surface area (Å²) in [5.41, 5.74) is 2.84. The smallest absolute Gasteiger partial charge is 0.337 e. The number of rotatable bonds is 6. The summed E-state index contributed by atoms with van der Waals surface area (Å²) in [5.74, 6) is 0.141. The molecule has 0 bridgehead atoms. The molecule has 0 aromatic heterocycles. The molecule has 142 valence electrons. The maximum atomic E-state index is 12.6. The number of carbonyl (C=O) groups is 2. The summed E-state index contributed by atoms with van der Waals surface area (Å²) in [6, 6.07) is 12.7. The number of carbonyl (C=O) groups excluding carboxylic acids is 2. The first-order valence-electron chi connectivity index (χ1n) is 9.01. The van der Waals surface area contributed by atoms with Crippen LogP contribution < -0.4 is 15.0 Å². The van der Waals surface area contributed by atoms with Crippen LogP contribution in [0.3, 0.4) is 0 Å². The standard InChI is InChI=1S/C21H24N2O4/c1-26-17-7-5-6-15(12-17)13-20(24)22-18-14-16(21(25)27-2)8-9-19(18)23-10-3-4-11-23/h5-9,12,14H,3-4,10-11,13H2,1-2H3,(H,22,24). The lowest BCUT2D eigenvalue weighted by atomic mass is 10.1. The molecule has 0 radical (unpaired) electrons. The molecule has 0 saturated carbocycles. The number of nitrogens with one attached hydrogen (secondary N) is 1. The molecule has 1 saturated heterocycles. The van der Waals surface area contributed by atoms with E-state index in [1.807, 2.05) is 30.3 Å². The minimum absolute atomic E-state index is 0.147. The van der Waals surface area contributed by atoms with Crippen molar-refractivity contribution in [2.45, 2.75) is 19.3 Å². The van der Waals surface area contributed by atoms with Gasteiger partial charge in [-0.15, -0.1) is 0 Å². The topological polar surface area (TPSA) is 67.9 Å². The van der Waals surface area contributed by atoms with Gasteiger partial charge in [-0.2, -0.15) is 0 Å². The number of methoxy groups -OCH3 is 2. The van der Waals surface area contributed by atoms with Crippen molar-refractivity contribution in [3.63, 3.8) is 0 Å². The van der Waals surface area contributed by atoms with Crippen molar-refractivity contribution in [3.8, 4) is 5.75 Å². The van der Waals surface area contributed by atoms with Crippen molar-refractivity contribution < 1.29 is 19.1 Å². The molecule has 1 fully saturated rings. The Balaban J connectivity index is 1.81. The molecule has 1 heterocycles. The minimum Gasteiger partial charge on any atom is -0.497 e. The fourth-order valence-corrected chi connectivity index (χ4v) is 3.28. The van der Waals surface area contributed by atoms with E-state index in [9.17, 15) is 9.59 Å². The summed E-state index contributed by atoms with van der Waals surface area (Å²) in [6.07, 6.45) is 2.46. The van der Waals surface area contributed by atoms with Crippen LogP contribution in [0.1, 0.15) is 28.8 Å². The Labute approximate surface area is 159 Å². The SMILES string of the molecule is COC(=O)c1ccc(N2CCCC2)c(NC(=O)Cc2cccc(OC)c2)c1. The predicted octanol–water partition coefficient (Wildman–Crippen LogP) is 3.26. The molecule has 1 aliphatic rings. The maximum Gasteiger partial charge on any atom is 0.337 e. The van der Waals surface area contributed by atoms with Gasteiger partial charge in [0.1, 0.15) is 5.75 Å². The third-order valence-electron chi connectivity index (χ3n) is 4.64. The van der Waals surface area contributed by atoms with E-state index < -0.39 is 5.97 Å². The van der Waals surface area contributed by atoms with Crippen LogP contribution in [0.5, 0.6) is 5.75 Å². The number of hydrogen-bond acceptors (Lipinski definition) is 5. The van der Waals surface area contributed by atoms with E-state index >= 15 is 0 Å². The van der Waals surface area contributed by atoms with Gasteiger partial charge in [0.2, 0.25) is 5.91 Å². The zero-order valence-electron chi connectivity index (χ0n) is 15.7. The second-order valence-electron chi connectivity index (χ2n) is 6.49. The van der Waals surface area contributed by atoms with Crippen LogP contribution in [-0.4, -0.2) is 39.2 Å². The van der Waals surface area contributed by atoms with Crippen molar-refractivity contribution in [1.29, 1.82) is 0 Å². The molecule has 0 spiro atoms. The van der Waals surface area contributed by atoms with E-state index in [1.165, 1.54) is 7.11 Å². The number of nitrogens with zero attached hydrogens (tertiary/aromatic N) is 1. The molecule has 0 unspecified atom stereocenters. The predicted molar refractivity (Wildman–Crippen MR) is 105 cm³/mol. The quantitative estimate of drug-likeness (QED) is 0.793. The normalized spacial score (nSPS) is 13.3. The molecular formula is C21H24N2O4. The Morgan fingerprint density at radius 1 is 1.07 bits per heavy atom. The molecule has 1 aliphatic heterocycles. The first-order chi connectivity index (χ1) is 13.1. The highest BCUT2D eigenvalue weighted by Gasteiger charge is 2.19. The van der Waals surface area contributed by atoms with Gasteiger partial charge in [-0.05, 0) is 48.7 Å². The van der Waals surface area contributed by atoms with Gasteiger partial charge < -0.3 is 19.7 Å². The monoisotopic (exact) mass is 368 g/mol. The fourth-order valence-electron chi connectivity index (χ4n) is 3.28. The van der Waals surface area contributed by atoms with Crippen LogP contribution in [-0.2, 0) is 16.0 Å². The van der Waals surface area contributed by atoms with Crippen molar-refractivity contribution >= 4 is 23.3 Å². The lowest BCUT2D eigenvalue weighted by molar-refractivity contribution is -0.115. The van der Waals surface area contributed by atoms with Gasteiger partial charge in [-0.3, -0.25) is 4.79 Å². The van der Waals surface area contributed by atoms with Crippen molar-refractivity contribution in [3.05, 3.63) is 53.6 Å². The number of ether oxygens (including phenoxy) is 2. The van der Waals surface area contributed by atoms with Crippen molar-refractivity contribution in [2.75, 3.05) is 37.5 Å². The van der Waals surface area contributed by atoms with Crippen LogP contribution in [0.25, 0.3) is 0 Å². The molecule has 6 heteroatoms. The van der Waals surface area contributed by atoms with Crippen LogP contribution in [0.15, 0.2) is 42.5 Å². The van der Waals surface area contributed by atoms with Crippen LogP contribution in [0.2, 0.25) is 0 Å². The maximum absolute atomic E-state index is 12.6. The lowest BCUT2D eigenvalue weighted by Crippen LogP contribution is -2.22. The summed E-state index contributed by atoms with van der Waals surface area (Å²) in [4.78, 5) is 26.7. The van der Waals surface area contributed by atoms with Crippen LogP contribution >= 0.6 is 0 Å². The molecule has 0 aliphatic carbocycles. The highest BCUT2D eigenvalue weighted by molar-refractivity contribution is 5.98. The van der Waals surface area contributed by atoms with Crippen LogP contribution in [0.4, 0.5) is 11.4 Å². The molecule has 1 N–H and O–H groups in total. The zero-order valence-corrected chi connectivity index (χ0v) is 15.7. The molecule has 1 amide bonds. The molecular weight excluding hydrogens is 344 g/mol. The number of amides is 1. The van der Waals surface area contributed by atoms with Gasteiger partial charge in [0, 0.05) is 13.1 Å². The highest BCUT2D eigenvalue weighted by Crippen LogP contribution is 2.30. The molecule has 6 nitrogen and oxygen atoms in total. The van der Waals surface area contributed by atoms with E-state index in [2.05, 4.69) is 10.2 Å². The van der Waals surface area contributed by atoms with E-state index in [0.717, 1.165) is 37.2 Å². The van der Waals surface area contributed by atoms with E-state index in [0.29, 0.717) is 17.0 Å². The third kappa shape index (κ3) is 4.58. The molecule has 0 atom stereocenters. The first kappa shape index (κ1) is 18.8. The largest absolute Gasteiger partial charge is 0.497 e. The van der Waals surface area contributed by atoms with Crippen molar-refractivity contribution in [2.24, 2.45) is 0 Å². The van der Waals surface area contributed by atoms with Gasteiger partial charge >= 0.3 is 5.97 Å². The van der Waals surface area contributed by atoms with Crippen LogP contribution in [0, 0.1) is 0 Å². The summed E-state index contributed by atoms with van der Waals surface area (Å²) in [6.45, 7) is 1.88. The summed E-state index contributed by atoms with van der Waals surface area (Å²) >= 11 is 0. The second-order valence-corrected chi connectivity index (χ2v) is 6.49. The van der Waals surface area contributed by atoms with Gasteiger partial charge in [0.25, 0.3) is 0 Å². The van der Waals surface area contributed by atoms with Gasteiger partial charge in [0.05, 0.1) is 37.6 Å². The summed E-state index contributed by atoms with van der Waals surface area (Å²) < 4.78 is 10.0. The summed E-state index contributed by atoms with van der Waals surface area (Å²) in [7, 11) is 2.94. The lowest BCUT2D eigenvalue weighted by Gasteiger charge is -2.22. The molecule has 2 aromatic rings. The molecule has 27 heavy (non-hydrogen) atoms. The van der Waals surface area contributed by atoms with E-state index in [1.54, 1.807) is 19.2 Å². The molecule has 2 aromatic carbocycles. The summed E-state index contributed by atoms with van der Waals surface area (Å²) in [5, 5.41) is 2.96. The van der Waals surface area contributed by atoms with E-state index in [4.69, 9.17) is 9.47 Å². The van der Waals surface area contributed by atoms with Crippen molar-refractivity contribution in [1.82, 2.24) is 0 Å². The Bertz CT molecular complexity index is 829. The van der Waals surface area contributed by atoms with Gasteiger partial charge in [0.15, 0.2) is 0 Å². The highest BCUT2D eigenvalue weighted by atomic mass is 16.5. The van der Waals surface area contributed by atoms with E-state index in [-0.39, 0.29) is 12.3 Å². The Morgan fingerprint density at radius 3 is 2.56 bits per heavy atom. The Morgan fingerprint density at radius 2 is 1.85 bits per heavy atom. The average molecular weight is 368 g/mol. The Kier molecular flexibility index (Phi) is 5.96. The number of hydrogen-bond donors (Lipinski definition) is 1. The van der Waals surface area contributed by atoms with Gasteiger partial charge in [-0.25, -0.2) is 4.79 Å². The fraction of sp³-hybridized carbons (Fsp3) is 0.333. The number of benzene rings is 2. The second kappa shape index (κ2) is 8.58. The number of esters is 1. The zero-order chi connectivity index (χ0) is 19.2. The number of anilines is 2. The molecule has 3 rings (SSSR count). The third-order valence-corrected chi connectivity index (χ3v) is 4.64. The van der Waals surface area contributed by atoms with Gasteiger partial charge in [-0.1, -0.05) is 12.1 Å².